The smallest absolute Gasteiger partial charge is 0.306 e. The van der Waals surface area contributed by atoms with Gasteiger partial charge in [-0.2, -0.15) is 0 Å². The lowest BCUT2D eigenvalue weighted by atomic mass is 9.72. The maximum Gasteiger partial charge on any atom is 0.306 e. The van der Waals surface area contributed by atoms with Gasteiger partial charge in [-0.3, -0.25) is 13.5 Å². The number of nitrogens with zero attached hydrogens (tertiary/aromatic N) is 1. The molecule has 1 aliphatic carbocycles. The van der Waals surface area contributed by atoms with Crippen LogP contribution in [0.15, 0.2) is 47.4 Å². The molecule has 1 unspecified atom stereocenters. The van der Waals surface area contributed by atoms with Gasteiger partial charge in [0.2, 0.25) is 0 Å². The minimum Gasteiger partial charge on any atom is -0.466 e. The first-order valence-electron chi connectivity index (χ1n) is 11.9. The molecular formula is C26H31BrN2O5S. The fraction of sp³-hybridized carbons (Fsp3) is 0.462. The van der Waals surface area contributed by atoms with E-state index in [0.29, 0.717) is 24.2 Å². The van der Waals surface area contributed by atoms with Crippen LogP contribution >= 0.6 is 16.1 Å². The van der Waals surface area contributed by atoms with Crippen LogP contribution in [-0.4, -0.2) is 50.2 Å². The number of hydrogen-bond acceptors (Lipinski definition) is 6. The van der Waals surface area contributed by atoms with Crippen molar-refractivity contribution in [3.63, 3.8) is 0 Å². The van der Waals surface area contributed by atoms with E-state index in [2.05, 4.69) is 21.5 Å². The average molecular weight is 564 g/mol. The number of halogens is 1. The number of amides is 1. The molecule has 0 bridgehead atoms. The van der Waals surface area contributed by atoms with Crippen molar-refractivity contribution in [3.05, 3.63) is 64.7 Å². The second-order valence-corrected chi connectivity index (χ2v) is 12.3. The molecule has 1 aliphatic heterocycles. The monoisotopic (exact) mass is 562 g/mol. The molecular weight excluding hydrogens is 532 g/mol. The summed E-state index contributed by atoms with van der Waals surface area (Å²) in [7, 11) is -3.43. The molecule has 35 heavy (non-hydrogen) atoms. The molecule has 1 atom stereocenters. The van der Waals surface area contributed by atoms with Crippen LogP contribution in [0.2, 0.25) is 0 Å². The molecule has 1 N–H and O–H groups in total. The first-order chi connectivity index (χ1) is 16.7. The molecule has 4 rings (SSSR count). The van der Waals surface area contributed by atoms with Crippen LogP contribution in [0.5, 0.6) is 0 Å². The Morgan fingerprint density at radius 2 is 1.86 bits per heavy atom. The van der Waals surface area contributed by atoms with E-state index < -0.39 is 9.84 Å². The van der Waals surface area contributed by atoms with Gasteiger partial charge in [0.05, 0.1) is 40.6 Å². The summed E-state index contributed by atoms with van der Waals surface area (Å²) < 4.78 is 31.1. The minimum atomic E-state index is -3.43. The third-order valence-corrected chi connectivity index (χ3v) is 8.89. The molecule has 0 radical (unpaired) electrons. The topological polar surface area (TPSA) is 92.8 Å². The quantitative estimate of drug-likeness (QED) is 0.403. The molecule has 1 amide bonds. The van der Waals surface area contributed by atoms with Gasteiger partial charge in [-0.1, -0.05) is 30.3 Å². The average Bonchev–Trinajstić information content (AvgIpc) is 3.11. The van der Waals surface area contributed by atoms with Crippen LogP contribution in [0.4, 0.5) is 0 Å². The third kappa shape index (κ3) is 5.32. The maximum atomic E-state index is 13.7. The van der Waals surface area contributed by atoms with Crippen LogP contribution in [0, 0.1) is 0 Å². The Kier molecular flexibility index (Phi) is 7.68. The summed E-state index contributed by atoms with van der Waals surface area (Å²) in [4.78, 5) is 26.3. The van der Waals surface area contributed by atoms with Gasteiger partial charge >= 0.3 is 5.97 Å². The Hall–Kier alpha value is -2.23. The van der Waals surface area contributed by atoms with E-state index in [1.54, 1.807) is 31.2 Å². The SMILES string of the molecule is CCOC(=O)CC1CC2(CCNCC2)c2c(C(=O)N(Br)Cc3ccccc3S(C)(=O)=O)cccc21. The number of piperidine rings is 1. The lowest BCUT2D eigenvalue weighted by Crippen LogP contribution is -2.39. The van der Waals surface area contributed by atoms with Crippen molar-refractivity contribution in [2.75, 3.05) is 26.0 Å². The van der Waals surface area contributed by atoms with Crippen molar-refractivity contribution in [2.45, 2.75) is 55.4 Å². The number of hydrogen-bond donors (Lipinski definition) is 1. The summed E-state index contributed by atoms with van der Waals surface area (Å²) in [6, 6.07) is 12.5. The van der Waals surface area contributed by atoms with Crippen molar-refractivity contribution in [2.24, 2.45) is 0 Å². The van der Waals surface area contributed by atoms with Crippen molar-refractivity contribution in [1.29, 1.82) is 0 Å². The largest absolute Gasteiger partial charge is 0.466 e. The summed E-state index contributed by atoms with van der Waals surface area (Å²) in [5, 5.41) is 3.41. The normalized spacial score (nSPS) is 18.8. The number of nitrogens with one attached hydrogen (secondary N) is 1. The van der Waals surface area contributed by atoms with E-state index in [1.165, 1.54) is 10.2 Å². The van der Waals surface area contributed by atoms with Gasteiger partial charge in [0, 0.05) is 11.8 Å². The second kappa shape index (κ2) is 10.4. The number of benzene rings is 2. The molecule has 1 fully saturated rings. The maximum absolute atomic E-state index is 13.7. The number of fused-ring (bicyclic) bond motifs is 2. The number of carbonyl (C=O) groups is 2. The highest BCUT2D eigenvalue weighted by Crippen LogP contribution is 2.53. The van der Waals surface area contributed by atoms with Gasteiger partial charge in [-0.15, -0.1) is 0 Å². The molecule has 0 saturated carbocycles. The predicted octanol–water partition coefficient (Wildman–Crippen LogP) is 4.10. The molecule has 1 spiro atoms. The van der Waals surface area contributed by atoms with E-state index in [1.807, 2.05) is 18.2 Å². The molecule has 7 nitrogen and oxygen atoms in total. The van der Waals surface area contributed by atoms with Gasteiger partial charge in [0.25, 0.3) is 5.91 Å². The zero-order chi connectivity index (χ0) is 25.2. The van der Waals surface area contributed by atoms with Crippen LogP contribution < -0.4 is 5.32 Å². The Bertz CT molecular complexity index is 1220. The van der Waals surface area contributed by atoms with Crippen LogP contribution in [0.25, 0.3) is 0 Å². The molecule has 2 aliphatic rings. The second-order valence-electron chi connectivity index (χ2n) is 9.42. The fourth-order valence-electron chi connectivity index (χ4n) is 5.68. The number of sulfone groups is 1. The minimum absolute atomic E-state index is 0.00429. The van der Waals surface area contributed by atoms with Crippen LogP contribution in [-0.2, 0) is 31.3 Å². The summed E-state index contributed by atoms with van der Waals surface area (Å²) in [6.45, 7) is 3.96. The van der Waals surface area contributed by atoms with Crippen LogP contribution in [0.3, 0.4) is 0 Å². The van der Waals surface area contributed by atoms with Crippen molar-refractivity contribution >= 4 is 37.9 Å². The first kappa shape index (κ1) is 25.9. The summed E-state index contributed by atoms with van der Waals surface area (Å²) in [5.74, 6) is -0.435. The van der Waals surface area contributed by atoms with Gasteiger partial charge in [0.15, 0.2) is 9.84 Å². The van der Waals surface area contributed by atoms with Gasteiger partial charge < -0.3 is 10.1 Å². The number of esters is 1. The zero-order valence-electron chi connectivity index (χ0n) is 20.1. The highest BCUT2D eigenvalue weighted by Gasteiger charge is 2.47. The molecule has 1 heterocycles. The van der Waals surface area contributed by atoms with Crippen LogP contribution in [0.1, 0.15) is 65.6 Å². The molecule has 1 saturated heterocycles. The summed E-state index contributed by atoms with van der Waals surface area (Å²) >= 11 is 3.42. The van der Waals surface area contributed by atoms with Gasteiger partial charge in [0.1, 0.15) is 0 Å². The lowest BCUT2D eigenvalue weighted by Gasteiger charge is -2.36. The summed E-state index contributed by atoms with van der Waals surface area (Å²) in [5.41, 5.74) is 3.04. The molecule has 188 valence electrons. The lowest BCUT2D eigenvalue weighted by molar-refractivity contribution is -0.143. The van der Waals surface area contributed by atoms with E-state index in [-0.39, 0.29) is 34.6 Å². The van der Waals surface area contributed by atoms with Gasteiger partial charge in [-0.25, -0.2) is 8.42 Å². The predicted molar refractivity (Wildman–Crippen MR) is 137 cm³/mol. The van der Waals surface area contributed by atoms with Crippen molar-refractivity contribution < 1.29 is 22.7 Å². The zero-order valence-corrected chi connectivity index (χ0v) is 22.5. The Balaban J connectivity index is 1.69. The number of carbonyl (C=O) groups excluding carboxylic acids is 2. The first-order valence-corrected chi connectivity index (χ1v) is 14.5. The van der Waals surface area contributed by atoms with Crippen molar-refractivity contribution in [3.8, 4) is 0 Å². The standard InChI is InChI=1S/C26H31BrN2O5S/c1-3-34-23(30)15-19-16-26(11-13-28-14-12-26)24-20(19)8-6-9-21(24)25(31)29(27)17-18-7-4-5-10-22(18)35(2,32)33/h4-10,19,28H,3,11-17H2,1-2H3. The molecule has 2 aromatic carbocycles. The van der Waals surface area contributed by atoms with E-state index in [4.69, 9.17) is 4.74 Å². The van der Waals surface area contributed by atoms with Crippen molar-refractivity contribution in [1.82, 2.24) is 9.24 Å². The summed E-state index contributed by atoms with van der Waals surface area (Å²) in [6.07, 6.45) is 4.06. The molecule has 2 aromatic rings. The van der Waals surface area contributed by atoms with Gasteiger partial charge in [-0.05, 0) is 79.4 Å². The number of ether oxygens (including phenoxy) is 1. The molecule has 9 heteroatoms. The van der Waals surface area contributed by atoms with E-state index in [9.17, 15) is 18.0 Å². The Labute approximate surface area is 215 Å². The third-order valence-electron chi connectivity index (χ3n) is 7.12. The van der Waals surface area contributed by atoms with E-state index in [0.717, 1.165) is 43.5 Å². The Morgan fingerprint density at radius 3 is 2.54 bits per heavy atom. The number of rotatable bonds is 7. The highest BCUT2D eigenvalue weighted by atomic mass is 79.9. The molecule has 0 aromatic heterocycles. The van der Waals surface area contributed by atoms with E-state index >= 15 is 0 Å². The highest BCUT2D eigenvalue weighted by molar-refractivity contribution is 9.07. The fourth-order valence-corrected chi connectivity index (χ4v) is 7.07. The Morgan fingerprint density at radius 1 is 1.14 bits per heavy atom.